The molecule has 32 heavy (non-hydrogen) atoms. The van der Waals surface area contributed by atoms with E-state index in [-0.39, 0.29) is 17.0 Å². The number of halogens is 1. The van der Waals surface area contributed by atoms with Gasteiger partial charge in [-0.2, -0.15) is 0 Å². The van der Waals surface area contributed by atoms with Crippen LogP contribution in [-0.4, -0.2) is 24.2 Å². The van der Waals surface area contributed by atoms with Crippen molar-refractivity contribution in [2.75, 3.05) is 13.7 Å². The molecule has 168 valence electrons. The molecule has 0 amide bonds. The van der Waals surface area contributed by atoms with Crippen LogP contribution in [0.2, 0.25) is 0 Å². The average molecular weight is 435 g/mol. The lowest BCUT2D eigenvalue weighted by Gasteiger charge is -2.48. The number of H-pyrrole nitrogens is 1. The van der Waals surface area contributed by atoms with E-state index in [0.29, 0.717) is 6.61 Å². The van der Waals surface area contributed by atoms with E-state index in [2.05, 4.69) is 29.0 Å². The van der Waals surface area contributed by atoms with Gasteiger partial charge in [-0.3, -0.25) is 0 Å². The Balaban J connectivity index is 1.36. The molecule has 2 N–H and O–H groups in total. The summed E-state index contributed by atoms with van der Waals surface area (Å²) >= 11 is 0. The highest BCUT2D eigenvalue weighted by atomic mass is 19.1. The van der Waals surface area contributed by atoms with Gasteiger partial charge in [-0.15, -0.1) is 6.58 Å². The number of rotatable bonds is 6. The van der Waals surface area contributed by atoms with Crippen molar-refractivity contribution < 1.29 is 13.9 Å². The number of hydrogen-bond acceptors (Lipinski definition) is 3. The van der Waals surface area contributed by atoms with Gasteiger partial charge in [0.05, 0.1) is 19.4 Å². The summed E-state index contributed by atoms with van der Waals surface area (Å²) < 4.78 is 25.6. The maximum Gasteiger partial charge on any atom is 0.123 e. The van der Waals surface area contributed by atoms with Gasteiger partial charge in [-0.1, -0.05) is 18.2 Å². The van der Waals surface area contributed by atoms with Crippen LogP contribution in [0.3, 0.4) is 0 Å². The van der Waals surface area contributed by atoms with E-state index in [0.717, 1.165) is 67.4 Å². The molecule has 4 nitrogen and oxygen atoms in total. The standard InChI is InChI=1S/C27H31FN2O2/c1-3-11-26(29-18-19-4-7-21(31-2)8-5-19)12-14-27(15-13-26)25-22(10-16-32-27)23-17-20(28)6-9-24(23)30-25/h3-9,17,29-30H,1,10-16,18H2,2H3. The first-order chi connectivity index (χ1) is 15.6. The number of aromatic nitrogens is 1. The van der Waals surface area contributed by atoms with Gasteiger partial charge in [0.1, 0.15) is 17.2 Å². The van der Waals surface area contributed by atoms with Crippen molar-refractivity contribution in [3.63, 3.8) is 0 Å². The Morgan fingerprint density at radius 2 is 1.94 bits per heavy atom. The maximum atomic E-state index is 13.9. The maximum absolute atomic E-state index is 13.9. The van der Waals surface area contributed by atoms with Crippen molar-refractivity contribution >= 4 is 10.9 Å². The predicted molar refractivity (Wildman–Crippen MR) is 125 cm³/mol. The van der Waals surface area contributed by atoms with Crippen molar-refractivity contribution in [3.05, 3.63) is 77.8 Å². The minimum atomic E-state index is -0.310. The van der Waals surface area contributed by atoms with Gasteiger partial charge in [-0.05, 0) is 80.0 Å². The Labute approximate surface area is 188 Å². The molecular weight excluding hydrogens is 403 g/mol. The molecule has 1 aliphatic carbocycles. The smallest absolute Gasteiger partial charge is 0.123 e. The van der Waals surface area contributed by atoms with Gasteiger partial charge >= 0.3 is 0 Å². The first-order valence-corrected chi connectivity index (χ1v) is 11.5. The average Bonchev–Trinajstić information content (AvgIpc) is 3.20. The largest absolute Gasteiger partial charge is 0.497 e. The number of hydrogen-bond donors (Lipinski definition) is 2. The number of nitrogens with one attached hydrogen (secondary N) is 2. The van der Waals surface area contributed by atoms with Crippen molar-refractivity contribution in [1.82, 2.24) is 10.3 Å². The molecule has 5 rings (SSSR count). The topological polar surface area (TPSA) is 46.3 Å². The van der Waals surface area contributed by atoms with E-state index in [4.69, 9.17) is 9.47 Å². The van der Waals surface area contributed by atoms with Crippen LogP contribution in [0, 0.1) is 5.82 Å². The fraction of sp³-hybridized carbons (Fsp3) is 0.407. The minimum absolute atomic E-state index is 0.00597. The van der Waals surface area contributed by atoms with Crippen molar-refractivity contribution in [2.24, 2.45) is 0 Å². The number of ether oxygens (including phenoxy) is 2. The van der Waals surface area contributed by atoms with Crippen molar-refractivity contribution in [2.45, 2.75) is 56.2 Å². The monoisotopic (exact) mass is 434 g/mol. The zero-order valence-corrected chi connectivity index (χ0v) is 18.7. The third kappa shape index (κ3) is 3.74. The second kappa shape index (κ2) is 8.38. The van der Waals surface area contributed by atoms with Gasteiger partial charge in [0.15, 0.2) is 0 Å². The summed E-state index contributed by atoms with van der Waals surface area (Å²) in [6.07, 6.45) is 7.63. The molecular formula is C27H31FN2O2. The summed E-state index contributed by atoms with van der Waals surface area (Å²) in [5.41, 5.74) is 4.33. The molecule has 1 saturated carbocycles. The van der Waals surface area contributed by atoms with Crippen LogP contribution in [0.1, 0.15) is 48.9 Å². The van der Waals surface area contributed by atoms with Gasteiger partial charge in [0.2, 0.25) is 0 Å². The Kier molecular flexibility index (Phi) is 5.56. The number of benzene rings is 2. The van der Waals surface area contributed by atoms with Crippen molar-refractivity contribution in [1.29, 1.82) is 0 Å². The first-order valence-electron chi connectivity index (χ1n) is 11.5. The molecule has 1 fully saturated rings. The SMILES string of the molecule is C=CCC1(NCc2ccc(OC)cc2)CCC2(CC1)OCCc1c2[nH]c2ccc(F)cc12. The molecule has 1 aromatic heterocycles. The van der Waals surface area contributed by atoms with Crippen molar-refractivity contribution in [3.8, 4) is 5.75 Å². The molecule has 3 aromatic rings. The summed E-state index contributed by atoms with van der Waals surface area (Å²) in [7, 11) is 1.69. The molecule has 1 aliphatic heterocycles. The van der Waals surface area contributed by atoms with Crippen LogP contribution in [0.15, 0.2) is 55.1 Å². The highest BCUT2D eigenvalue weighted by Crippen LogP contribution is 2.49. The number of methoxy groups -OCH3 is 1. The second-order valence-electron chi connectivity index (χ2n) is 9.24. The lowest BCUT2D eigenvalue weighted by atomic mass is 9.69. The molecule has 0 atom stereocenters. The van der Waals surface area contributed by atoms with E-state index in [9.17, 15) is 4.39 Å². The summed E-state index contributed by atoms with van der Waals surface area (Å²) in [6, 6.07) is 13.3. The molecule has 0 unspecified atom stereocenters. The molecule has 0 bridgehead atoms. The third-order valence-electron chi connectivity index (χ3n) is 7.43. The summed E-state index contributed by atoms with van der Waals surface area (Å²) in [5, 5.41) is 4.85. The van der Waals surface area contributed by atoms with E-state index >= 15 is 0 Å². The minimum Gasteiger partial charge on any atom is -0.497 e. The summed E-state index contributed by atoms with van der Waals surface area (Å²) in [6.45, 7) is 5.52. The van der Waals surface area contributed by atoms with Gasteiger partial charge < -0.3 is 19.8 Å². The van der Waals surface area contributed by atoms with Crippen LogP contribution in [0.4, 0.5) is 4.39 Å². The summed E-state index contributed by atoms with van der Waals surface area (Å²) in [5.74, 6) is 0.689. The highest BCUT2D eigenvalue weighted by molar-refractivity contribution is 5.85. The van der Waals surface area contributed by atoms with E-state index < -0.39 is 0 Å². The quantitative estimate of drug-likeness (QED) is 0.485. The van der Waals surface area contributed by atoms with E-state index in [1.165, 1.54) is 17.2 Å². The number of aromatic amines is 1. The fourth-order valence-electron chi connectivity index (χ4n) is 5.58. The molecule has 0 radical (unpaired) electrons. The zero-order valence-electron chi connectivity index (χ0n) is 18.7. The van der Waals surface area contributed by atoms with Gasteiger partial charge in [0, 0.05) is 23.0 Å². The van der Waals surface area contributed by atoms with Crippen LogP contribution >= 0.6 is 0 Å². The van der Waals surface area contributed by atoms with Crippen LogP contribution in [0.5, 0.6) is 5.75 Å². The molecule has 5 heteroatoms. The lowest BCUT2D eigenvalue weighted by molar-refractivity contribution is -0.101. The Hall–Kier alpha value is -2.63. The van der Waals surface area contributed by atoms with Gasteiger partial charge in [0.25, 0.3) is 0 Å². The molecule has 2 aliphatic rings. The van der Waals surface area contributed by atoms with E-state index in [1.807, 2.05) is 24.3 Å². The lowest BCUT2D eigenvalue weighted by Crippen LogP contribution is -2.52. The second-order valence-corrected chi connectivity index (χ2v) is 9.24. The molecule has 0 saturated heterocycles. The normalized spacial score (nSPS) is 25.1. The molecule has 1 spiro atoms. The fourth-order valence-corrected chi connectivity index (χ4v) is 5.58. The first kappa shape index (κ1) is 21.2. The third-order valence-corrected chi connectivity index (χ3v) is 7.43. The van der Waals surface area contributed by atoms with Crippen LogP contribution < -0.4 is 10.1 Å². The predicted octanol–water partition coefficient (Wildman–Crippen LogP) is 5.76. The highest BCUT2D eigenvalue weighted by Gasteiger charge is 2.47. The Morgan fingerprint density at radius 1 is 1.16 bits per heavy atom. The Bertz CT molecular complexity index is 1110. The molecule has 2 heterocycles. The molecule has 2 aromatic carbocycles. The Morgan fingerprint density at radius 3 is 2.66 bits per heavy atom. The zero-order chi connectivity index (χ0) is 22.2. The van der Waals surface area contributed by atoms with E-state index in [1.54, 1.807) is 13.2 Å². The van der Waals surface area contributed by atoms with Gasteiger partial charge in [-0.25, -0.2) is 4.39 Å². The summed E-state index contributed by atoms with van der Waals surface area (Å²) in [4.78, 5) is 3.59. The van der Waals surface area contributed by atoms with Crippen LogP contribution in [-0.2, 0) is 23.3 Å². The van der Waals surface area contributed by atoms with Crippen LogP contribution in [0.25, 0.3) is 10.9 Å². The number of fused-ring (bicyclic) bond motifs is 4.